The molecule has 1 aromatic rings. The van der Waals surface area contributed by atoms with Gasteiger partial charge in [0.2, 0.25) is 0 Å². The number of nitro benzene ring substituents is 1. The Balaban J connectivity index is 2.06. The molecule has 1 saturated carbocycles. The van der Waals surface area contributed by atoms with Gasteiger partial charge in [0, 0.05) is 30.8 Å². The second-order valence-electron chi connectivity index (χ2n) is 7.30. The quantitative estimate of drug-likeness (QED) is 0.407. The normalized spacial score (nSPS) is 16.1. The zero-order valence-corrected chi connectivity index (χ0v) is 15.5. The van der Waals surface area contributed by atoms with Crippen LogP contribution in [-0.4, -0.2) is 41.0 Å². The highest BCUT2D eigenvalue weighted by Gasteiger charge is 2.47. The SMILES string of the molecule is CC(C)N(CCOC(=O)C1(c2cccc([N+](=O)[O-])c2)CCC1)C(C)C. The van der Waals surface area contributed by atoms with Crippen molar-refractivity contribution in [3.63, 3.8) is 0 Å². The average molecular weight is 348 g/mol. The zero-order valence-electron chi connectivity index (χ0n) is 15.5. The Morgan fingerprint density at radius 3 is 2.40 bits per heavy atom. The molecule has 6 nitrogen and oxygen atoms in total. The summed E-state index contributed by atoms with van der Waals surface area (Å²) in [6.07, 6.45) is 2.30. The van der Waals surface area contributed by atoms with Crippen LogP contribution in [0.4, 0.5) is 5.69 Å². The number of benzene rings is 1. The van der Waals surface area contributed by atoms with Crippen molar-refractivity contribution in [3.05, 3.63) is 39.9 Å². The van der Waals surface area contributed by atoms with Gasteiger partial charge in [-0.3, -0.25) is 19.8 Å². The third-order valence-electron chi connectivity index (χ3n) is 5.12. The molecule has 0 amide bonds. The van der Waals surface area contributed by atoms with Crippen LogP contribution in [0.1, 0.15) is 52.5 Å². The van der Waals surface area contributed by atoms with Gasteiger partial charge in [-0.1, -0.05) is 18.6 Å². The lowest BCUT2D eigenvalue weighted by molar-refractivity contribution is -0.385. The summed E-state index contributed by atoms with van der Waals surface area (Å²) >= 11 is 0. The fourth-order valence-electron chi connectivity index (χ4n) is 3.55. The fraction of sp³-hybridized carbons (Fsp3) is 0.632. The zero-order chi connectivity index (χ0) is 18.6. The minimum atomic E-state index is -0.716. The minimum absolute atomic E-state index is 0.0161. The molecule has 0 spiro atoms. The average Bonchev–Trinajstić information content (AvgIpc) is 2.50. The van der Waals surface area contributed by atoms with E-state index in [2.05, 4.69) is 32.6 Å². The largest absolute Gasteiger partial charge is 0.464 e. The number of carbonyl (C=O) groups excluding carboxylic acids is 1. The molecule has 0 aromatic heterocycles. The van der Waals surface area contributed by atoms with Crippen molar-refractivity contribution < 1.29 is 14.5 Å². The van der Waals surface area contributed by atoms with Crippen LogP contribution in [0.3, 0.4) is 0 Å². The summed E-state index contributed by atoms with van der Waals surface area (Å²) in [6, 6.07) is 7.16. The summed E-state index contributed by atoms with van der Waals surface area (Å²) < 4.78 is 5.58. The van der Waals surface area contributed by atoms with Crippen LogP contribution in [0, 0.1) is 10.1 Å². The smallest absolute Gasteiger partial charge is 0.316 e. The molecule has 0 aliphatic heterocycles. The van der Waals surface area contributed by atoms with E-state index in [9.17, 15) is 14.9 Å². The maximum absolute atomic E-state index is 12.7. The molecule has 0 saturated heterocycles. The Hall–Kier alpha value is -1.95. The highest BCUT2D eigenvalue weighted by Crippen LogP contribution is 2.45. The second-order valence-corrected chi connectivity index (χ2v) is 7.30. The maximum atomic E-state index is 12.7. The Labute approximate surface area is 149 Å². The van der Waals surface area contributed by atoms with Crippen LogP contribution >= 0.6 is 0 Å². The molecule has 25 heavy (non-hydrogen) atoms. The fourth-order valence-corrected chi connectivity index (χ4v) is 3.55. The van der Waals surface area contributed by atoms with Gasteiger partial charge in [0.15, 0.2) is 0 Å². The first-order chi connectivity index (χ1) is 11.8. The topological polar surface area (TPSA) is 72.7 Å². The molecular weight excluding hydrogens is 320 g/mol. The van der Waals surface area contributed by atoms with Gasteiger partial charge in [-0.05, 0) is 46.1 Å². The number of esters is 1. The molecule has 2 rings (SSSR count). The molecule has 0 N–H and O–H groups in total. The number of carbonyl (C=O) groups is 1. The Bertz CT molecular complexity index is 616. The van der Waals surface area contributed by atoms with Gasteiger partial charge in [-0.15, -0.1) is 0 Å². The number of hydrogen-bond donors (Lipinski definition) is 0. The first-order valence-corrected chi connectivity index (χ1v) is 8.96. The van der Waals surface area contributed by atoms with E-state index in [1.807, 2.05) is 0 Å². The molecule has 138 valence electrons. The molecule has 0 unspecified atom stereocenters. The van der Waals surface area contributed by atoms with Crippen LogP contribution in [0.25, 0.3) is 0 Å². The van der Waals surface area contributed by atoms with Crippen molar-refractivity contribution in [1.29, 1.82) is 0 Å². The molecule has 1 aliphatic rings. The summed E-state index contributed by atoms with van der Waals surface area (Å²) in [5.74, 6) is -0.258. The Morgan fingerprint density at radius 1 is 1.28 bits per heavy atom. The standard InChI is InChI=1S/C19H28N2O4/c1-14(2)20(15(3)4)11-12-25-18(22)19(9-6-10-19)16-7-5-8-17(13-16)21(23)24/h5,7-8,13-15H,6,9-12H2,1-4H3. The molecule has 1 fully saturated rings. The van der Waals surface area contributed by atoms with Gasteiger partial charge in [0.1, 0.15) is 6.61 Å². The lowest BCUT2D eigenvalue weighted by atomic mass is 9.64. The minimum Gasteiger partial charge on any atom is -0.464 e. The monoisotopic (exact) mass is 348 g/mol. The number of nitro groups is 1. The van der Waals surface area contributed by atoms with E-state index in [0.717, 1.165) is 6.42 Å². The first kappa shape index (κ1) is 19.4. The van der Waals surface area contributed by atoms with Crippen molar-refractivity contribution in [3.8, 4) is 0 Å². The van der Waals surface area contributed by atoms with Crippen LogP contribution in [0.5, 0.6) is 0 Å². The van der Waals surface area contributed by atoms with Crippen molar-refractivity contribution >= 4 is 11.7 Å². The van der Waals surface area contributed by atoms with Gasteiger partial charge in [0.05, 0.1) is 10.3 Å². The van der Waals surface area contributed by atoms with Crippen LogP contribution in [-0.2, 0) is 14.9 Å². The summed E-state index contributed by atoms with van der Waals surface area (Å²) in [5.41, 5.74) is -0.00290. The molecule has 0 radical (unpaired) electrons. The molecule has 1 aliphatic carbocycles. The molecule has 1 aromatic carbocycles. The van der Waals surface area contributed by atoms with Gasteiger partial charge in [-0.2, -0.15) is 0 Å². The highest BCUT2D eigenvalue weighted by atomic mass is 16.6. The molecular formula is C19H28N2O4. The van der Waals surface area contributed by atoms with Gasteiger partial charge < -0.3 is 4.74 Å². The third-order valence-corrected chi connectivity index (χ3v) is 5.12. The third kappa shape index (κ3) is 4.18. The Morgan fingerprint density at radius 2 is 1.92 bits per heavy atom. The lowest BCUT2D eigenvalue weighted by Gasteiger charge is -2.40. The molecule has 0 bridgehead atoms. The second kappa shape index (κ2) is 7.95. The lowest BCUT2D eigenvalue weighted by Crippen LogP contribution is -2.45. The van der Waals surface area contributed by atoms with E-state index in [-0.39, 0.29) is 11.7 Å². The van der Waals surface area contributed by atoms with E-state index in [0.29, 0.717) is 43.6 Å². The predicted octanol–water partition coefficient (Wildman–Crippen LogP) is 3.68. The van der Waals surface area contributed by atoms with Crippen molar-refractivity contribution in [2.45, 2.75) is 64.5 Å². The van der Waals surface area contributed by atoms with Crippen molar-refractivity contribution in [2.75, 3.05) is 13.2 Å². The number of ether oxygens (including phenoxy) is 1. The van der Waals surface area contributed by atoms with E-state index in [1.54, 1.807) is 12.1 Å². The van der Waals surface area contributed by atoms with Gasteiger partial charge in [-0.25, -0.2) is 0 Å². The highest BCUT2D eigenvalue weighted by molar-refractivity contribution is 5.84. The van der Waals surface area contributed by atoms with Crippen molar-refractivity contribution in [1.82, 2.24) is 4.90 Å². The van der Waals surface area contributed by atoms with E-state index in [1.165, 1.54) is 12.1 Å². The number of non-ortho nitro benzene ring substituents is 1. The molecule has 6 heteroatoms. The van der Waals surface area contributed by atoms with Gasteiger partial charge in [0.25, 0.3) is 5.69 Å². The van der Waals surface area contributed by atoms with Crippen molar-refractivity contribution in [2.24, 2.45) is 0 Å². The van der Waals surface area contributed by atoms with Crippen LogP contribution in [0.15, 0.2) is 24.3 Å². The maximum Gasteiger partial charge on any atom is 0.316 e. The summed E-state index contributed by atoms with van der Waals surface area (Å²) in [6.45, 7) is 9.52. The van der Waals surface area contributed by atoms with Gasteiger partial charge >= 0.3 is 5.97 Å². The van der Waals surface area contributed by atoms with Crippen LogP contribution < -0.4 is 0 Å². The van der Waals surface area contributed by atoms with Crippen LogP contribution in [0.2, 0.25) is 0 Å². The van der Waals surface area contributed by atoms with E-state index >= 15 is 0 Å². The summed E-state index contributed by atoms with van der Waals surface area (Å²) in [4.78, 5) is 25.6. The summed E-state index contributed by atoms with van der Waals surface area (Å²) in [7, 11) is 0. The number of nitrogens with zero attached hydrogens (tertiary/aromatic N) is 2. The number of hydrogen-bond acceptors (Lipinski definition) is 5. The molecule has 0 heterocycles. The Kier molecular flexibility index (Phi) is 6.16. The summed E-state index contributed by atoms with van der Waals surface area (Å²) in [5, 5.41) is 11.0. The first-order valence-electron chi connectivity index (χ1n) is 8.96. The molecule has 0 atom stereocenters. The predicted molar refractivity (Wildman–Crippen MR) is 96.6 cm³/mol. The number of rotatable bonds is 8. The van der Waals surface area contributed by atoms with E-state index < -0.39 is 10.3 Å². The van der Waals surface area contributed by atoms with E-state index in [4.69, 9.17) is 4.74 Å².